The molecule has 1 saturated carbocycles. The van der Waals surface area contributed by atoms with Crippen molar-refractivity contribution < 1.29 is 45.7 Å². The maximum atomic E-state index is 15.1. The zero-order valence-electron chi connectivity index (χ0n) is 25.2. The van der Waals surface area contributed by atoms with Crippen LogP contribution in [0.2, 0.25) is 0 Å². The van der Waals surface area contributed by atoms with Gasteiger partial charge in [0.15, 0.2) is 23.1 Å². The van der Waals surface area contributed by atoms with Crippen LogP contribution in [0.25, 0.3) is 45.0 Å². The van der Waals surface area contributed by atoms with E-state index in [2.05, 4.69) is 14.6 Å². The minimum Gasteiger partial charge on any atom is -0.440 e. The summed E-state index contributed by atoms with van der Waals surface area (Å²) in [7, 11) is 1.41. The average Bonchev–Trinajstić information content (AvgIpc) is 3.54. The second-order valence-corrected chi connectivity index (χ2v) is 12.2. The summed E-state index contributed by atoms with van der Waals surface area (Å²) in [6.45, 7) is -0.502. The van der Waals surface area contributed by atoms with Gasteiger partial charge in [-0.3, -0.25) is 9.48 Å². The van der Waals surface area contributed by atoms with Crippen LogP contribution >= 0.6 is 11.8 Å². The summed E-state index contributed by atoms with van der Waals surface area (Å²) in [5, 5.41) is 13.6. The van der Waals surface area contributed by atoms with Crippen LogP contribution in [0, 0.1) is 5.82 Å². The Morgan fingerprint density at radius 3 is 2.46 bits per heavy atom. The van der Waals surface area contributed by atoms with Crippen molar-refractivity contribution in [1.29, 1.82) is 0 Å². The van der Waals surface area contributed by atoms with E-state index in [0.717, 1.165) is 23.6 Å². The minimum atomic E-state index is -4.07. The normalized spacial score (nSPS) is 15.2. The number of fused-ring (bicyclic) bond motifs is 1. The zero-order chi connectivity index (χ0) is 34.1. The summed E-state index contributed by atoms with van der Waals surface area (Å²) >= 11 is 1.25. The molecule has 5 aromatic rings. The first kappa shape index (κ1) is 31.7. The predicted molar refractivity (Wildman–Crippen MR) is 164 cm³/mol. The molecule has 48 heavy (non-hydrogen) atoms. The number of aliphatic hydroxyl groups excluding tert-OH is 1. The SMILES string of the molecule is CSc1cc(-c2ccc(-c3cc(C(F)(F)C(N)=O)nn3C)c(-c3oc(C4CC4)nc3-c3ccc4c(c3)OC(F)(F)O4)c2)cc(F)c1CO. The van der Waals surface area contributed by atoms with Crippen LogP contribution in [0.4, 0.5) is 22.0 Å². The Hall–Kier alpha value is -4.89. The van der Waals surface area contributed by atoms with E-state index in [1.807, 2.05) is 0 Å². The van der Waals surface area contributed by atoms with E-state index in [-0.39, 0.29) is 40.1 Å². The molecule has 7 rings (SSSR count). The summed E-state index contributed by atoms with van der Waals surface area (Å²) in [4.78, 5) is 16.8. The van der Waals surface area contributed by atoms with E-state index in [0.29, 0.717) is 38.6 Å². The van der Waals surface area contributed by atoms with E-state index < -0.39 is 36.2 Å². The number of carbonyl (C=O) groups excluding carboxylic acids is 1. The number of nitrogens with zero attached hydrogens (tertiary/aromatic N) is 3. The maximum absolute atomic E-state index is 15.1. The number of halogens is 5. The standard InChI is InChI=1S/C33H25F5N4O5S/c1-42-23(13-27(41-42)32(35,36)31(39)44)19-7-5-16(18-10-22(34)21(14-43)26(12-18)48-2)9-20(19)29-28(40-30(45-29)15-3-4-15)17-6-8-24-25(11-17)47-33(37,38)46-24/h5-13,15,43H,3-4,14H2,1-2H3,(H2,39,44). The van der Waals surface area contributed by atoms with Crippen molar-refractivity contribution in [2.75, 3.05) is 6.26 Å². The second kappa shape index (κ2) is 11.4. The first-order chi connectivity index (χ1) is 22.8. The van der Waals surface area contributed by atoms with Crippen LogP contribution in [0.1, 0.15) is 35.9 Å². The number of aromatic nitrogens is 3. The Morgan fingerprint density at radius 2 is 1.77 bits per heavy atom. The van der Waals surface area contributed by atoms with E-state index in [1.54, 1.807) is 30.5 Å². The van der Waals surface area contributed by atoms with E-state index in [4.69, 9.17) is 15.1 Å². The van der Waals surface area contributed by atoms with E-state index in [1.165, 1.54) is 43.1 Å². The van der Waals surface area contributed by atoms with Gasteiger partial charge in [0, 0.05) is 40.1 Å². The number of hydrogen-bond donors (Lipinski definition) is 2. The van der Waals surface area contributed by atoms with Crippen molar-refractivity contribution in [3.05, 3.63) is 77.6 Å². The van der Waals surface area contributed by atoms with Crippen LogP contribution in [-0.4, -0.2) is 38.3 Å². The molecule has 0 radical (unpaired) electrons. The van der Waals surface area contributed by atoms with E-state index in [9.17, 15) is 27.5 Å². The molecule has 9 nitrogen and oxygen atoms in total. The average molecular weight is 685 g/mol. The number of amides is 1. The van der Waals surface area contributed by atoms with Crippen molar-refractivity contribution in [2.24, 2.45) is 12.8 Å². The molecule has 2 aliphatic rings. The summed E-state index contributed by atoms with van der Waals surface area (Å²) in [5.41, 5.74) is 6.55. The summed E-state index contributed by atoms with van der Waals surface area (Å²) < 4.78 is 89.0. The molecule has 1 aliphatic carbocycles. The van der Waals surface area contributed by atoms with Gasteiger partial charge in [-0.1, -0.05) is 12.1 Å². The Morgan fingerprint density at radius 1 is 1.04 bits per heavy atom. The number of aryl methyl sites for hydroxylation is 1. The number of nitrogens with two attached hydrogens (primary N) is 1. The molecule has 2 aromatic heterocycles. The number of rotatable bonds is 9. The third kappa shape index (κ3) is 5.46. The molecule has 0 saturated heterocycles. The molecular formula is C33H25F5N4O5S. The predicted octanol–water partition coefficient (Wildman–Crippen LogP) is 7.21. The first-order valence-corrected chi connectivity index (χ1v) is 15.8. The Balaban J connectivity index is 1.46. The lowest BCUT2D eigenvalue weighted by Gasteiger charge is -2.14. The zero-order valence-corrected chi connectivity index (χ0v) is 26.0. The molecule has 1 amide bonds. The molecule has 15 heteroatoms. The van der Waals surface area contributed by atoms with Gasteiger partial charge >= 0.3 is 12.2 Å². The van der Waals surface area contributed by atoms with Crippen molar-refractivity contribution in [3.63, 3.8) is 0 Å². The summed E-state index contributed by atoms with van der Waals surface area (Å²) in [6.07, 6.45) is -0.494. The third-order valence-corrected chi connectivity index (χ3v) is 8.97. The van der Waals surface area contributed by atoms with Crippen molar-refractivity contribution in [3.8, 4) is 56.5 Å². The van der Waals surface area contributed by atoms with Gasteiger partial charge in [-0.05, 0) is 72.7 Å². The van der Waals surface area contributed by atoms with E-state index >= 15 is 4.39 Å². The fraction of sp³-hybridized carbons (Fsp3) is 0.242. The number of benzene rings is 3. The van der Waals surface area contributed by atoms with Crippen molar-refractivity contribution in [1.82, 2.24) is 14.8 Å². The first-order valence-electron chi connectivity index (χ1n) is 14.5. The van der Waals surface area contributed by atoms with Gasteiger partial charge in [-0.15, -0.1) is 20.5 Å². The Labute approximate surface area is 273 Å². The fourth-order valence-corrected chi connectivity index (χ4v) is 6.22. The smallest absolute Gasteiger partial charge is 0.440 e. The second-order valence-electron chi connectivity index (χ2n) is 11.4. The van der Waals surface area contributed by atoms with Gasteiger partial charge in [0.1, 0.15) is 17.2 Å². The number of oxazole rings is 1. The molecule has 0 bridgehead atoms. The Bertz CT molecular complexity index is 2110. The van der Waals surface area contributed by atoms with Crippen LogP contribution in [0.15, 0.2) is 63.9 Å². The number of hydrogen-bond acceptors (Lipinski definition) is 8. The highest BCUT2D eigenvalue weighted by molar-refractivity contribution is 7.98. The van der Waals surface area contributed by atoms with Gasteiger partial charge in [-0.25, -0.2) is 9.37 Å². The topological polar surface area (TPSA) is 126 Å². The molecule has 248 valence electrons. The number of alkyl halides is 4. The highest BCUT2D eigenvalue weighted by Crippen LogP contribution is 2.49. The third-order valence-electron chi connectivity index (χ3n) is 8.16. The number of aliphatic hydroxyl groups is 1. The van der Waals surface area contributed by atoms with Crippen molar-refractivity contribution in [2.45, 2.75) is 42.5 Å². The van der Waals surface area contributed by atoms with Crippen LogP contribution in [-0.2, 0) is 24.4 Å². The number of primary amides is 1. The minimum absolute atomic E-state index is 0.00398. The molecule has 1 aliphatic heterocycles. The lowest BCUT2D eigenvalue weighted by molar-refractivity contribution is -0.286. The van der Waals surface area contributed by atoms with Crippen LogP contribution < -0.4 is 15.2 Å². The van der Waals surface area contributed by atoms with Gasteiger partial charge < -0.3 is 24.7 Å². The lowest BCUT2D eigenvalue weighted by Crippen LogP contribution is -2.33. The monoisotopic (exact) mass is 684 g/mol. The van der Waals surface area contributed by atoms with Gasteiger partial charge in [-0.2, -0.15) is 13.9 Å². The molecule has 1 fully saturated rings. The fourth-order valence-electron chi connectivity index (χ4n) is 5.56. The number of thioether (sulfide) groups is 1. The van der Waals surface area contributed by atoms with Gasteiger partial charge in [0.05, 0.1) is 12.3 Å². The Kier molecular flexibility index (Phi) is 7.51. The quantitative estimate of drug-likeness (QED) is 0.123. The number of ether oxygens (including phenoxy) is 2. The van der Waals surface area contributed by atoms with Gasteiger partial charge in [0.25, 0.3) is 5.91 Å². The largest absolute Gasteiger partial charge is 0.586 e. The highest BCUT2D eigenvalue weighted by Gasteiger charge is 2.44. The van der Waals surface area contributed by atoms with Crippen LogP contribution in [0.3, 0.4) is 0 Å². The highest BCUT2D eigenvalue weighted by atomic mass is 32.2. The maximum Gasteiger partial charge on any atom is 0.586 e. The molecule has 3 heterocycles. The molecule has 3 aromatic carbocycles. The summed E-state index contributed by atoms with van der Waals surface area (Å²) in [6, 6.07) is 13.1. The number of carbonyl (C=O) groups is 1. The molecule has 3 N–H and O–H groups in total. The lowest BCUT2D eigenvalue weighted by atomic mass is 9.93. The molecular weight excluding hydrogens is 659 g/mol. The molecule has 0 atom stereocenters. The summed E-state index contributed by atoms with van der Waals surface area (Å²) in [5.74, 6) is -6.40. The van der Waals surface area contributed by atoms with Crippen LogP contribution in [0.5, 0.6) is 11.5 Å². The van der Waals surface area contributed by atoms with Gasteiger partial charge in [0.2, 0.25) is 0 Å². The molecule has 0 unspecified atom stereocenters. The van der Waals surface area contributed by atoms with Crippen molar-refractivity contribution >= 4 is 17.7 Å². The molecule has 0 spiro atoms.